The van der Waals surface area contributed by atoms with Crippen LogP contribution in [0.3, 0.4) is 0 Å². The molecule has 7 heteroatoms. The Morgan fingerprint density at radius 1 is 1.53 bits per heavy atom. The van der Waals surface area contributed by atoms with E-state index in [1.807, 2.05) is 0 Å². The molecule has 0 aliphatic carbocycles. The summed E-state index contributed by atoms with van der Waals surface area (Å²) < 4.78 is 27.4. The predicted octanol–water partition coefficient (Wildman–Crippen LogP) is 1.23. The van der Waals surface area contributed by atoms with E-state index in [4.69, 9.17) is 15.4 Å². The van der Waals surface area contributed by atoms with Crippen LogP contribution in [0.4, 0.5) is 5.82 Å². The summed E-state index contributed by atoms with van der Waals surface area (Å²) in [6, 6.07) is 3.12. The van der Waals surface area contributed by atoms with Gasteiger partial charge in [0.15, 0.2) is 0 Å². The van der Waals surface area contributed by atoms with E-state index >= 15 is 0 Å². The monoisotopic (exact) mass is 276 g/mol. The highest BCUT2D eigenvalue weighted by atomic mass is 35.7. The summed E-state index contributed by atoms with van der Waals surface area (Å²) in [5, 5.41) is 0. The first-order chi connectivity index (χ1) is 8.00. The first kappa shape index (κ1) is 12.6. The maximum atomic E-state index is 11.1. The zero-order valence-corrected chi connectivity index (χ0v) is 10.9. The molecule has 0 amide bonds. The van der Waals surface area contributed by atoms with Gasteiger partial charge in [0, 0.05) is 37.1 Å². The Kier molecular flexibility index (Phi) is 3.56. The summed E-state index contributed by atoms with van der Waals surface area (Å²) in [7, 11) is 3.21. The molecule has 0 radical (unpaired) electrons. The molecule has 2 rings (SSSR count). The van der Waals surface area contributed by atoms with E-state index in [0.29, 0.717) is 0 Å². The van der Waals surface area contributed by atoms with Crippen molar-refractivity contribution in [1.29, 1.82) is 0 Å². The molecule has 17 heavy (non-hydrogen) atoms. The number of nitrogens with zero attached hydrogens (tertiary/aromatic N) is 2. The summed E-state index contributed by atoms with van der Waals surface area (Å²) in [4.78, 5) is 6.18. The van der Waals surface area contributed by atoms with Crippen LogP contribution in [0.5, 0.6) is 0 Å². The minimum atomic E-state index is -3.69. The Bertz CT molecular complexity index is 489. The maximum absolute atomic E-state index is 11.1. The average Bonchev–Trinajstić information content (AvgIpc) is 2.76. The van der Waals surface area contributed by atoms with Gasteiger partial charge in [-0.2, -0.15) is 0 Å². The number of aromatic nitrogens is 1. The second kappa shape index (κ2) is 4.80. The first-order valence-electron chi connectivity index (χ1n) is 5.19. The van der Waals surface area contributed by atoms with E-state index in [9.17, 15) is 8.42 Å². The van der Waals surface area contributed by atoms with Gasteiger partial charge >= 0.3 is 0 Å². The lowest BCUT2D eigenvalue weighted by Gasteiger charge is -2.16. The fraction of sp³-hybridized carbons (Fsp3) is 0.500. The molecule has 2 heterocycles. The molecule has 1 unspecified atom stereocenters. The number of pyridine rings is 1. The maximum Gasteiger partial charge on any atom is 0.262 e. The largest absolute Gasteiger partial charge is 0.380 e. The molecule has 1 fully saturated rings. The molecule has 0 N–H and O–H groups in total. The van der Waals surface area contributed by atoms with Gasteiger partial charge in [-0.05, 0) is 18.6 Å². The molecule has 0 bridgehead atoms. The molecule has 1 aromatic heterocycles. The Labute approximate surface area is 105 Å². The van der Waals surface area contributed by atoms with Gasteiger partial charge < -0.3 is 9.64 Å². The summed E-state index contributed by atoms with van der Waals surface area (Å²) in [6.45, 7) is 1.63. The van der Waals surface area contributed by atoms with Crippen molar-refractivity contribution in [3.63, 3.8) is 0 Å². The van der Waals surface area contributed by atoms with Crippen molar-refractivity contribution in [2.24, 2.45) is 0 Å². The van der Waals surface area contributed by atoms with E-state index in [1.165, 1.54) is 12.3 Å². The van der Waals surface area contributed by atoms with Crippen LogP contribution >= 0.6 is 10.7 Å². The molecule has 0 saturated carbocycles. The summed E-state index contributed by atoms with van der Waals surface area (Å²) in [5.41, 5.74) is 0. The predicted molar refractivity (Wildman–Crippen MR) is 64.9 cm³/mol. The van der Waals surface area contributed by atoms with Gasteiger partial charge in [-0.3, -0.25) is 0 Å². The van der Waals surface area contributed by atoms with E-state index in [2.05, 4.69) is 9.88 Å². The zero-order chi connectivity index (χ0) is 12.5. The molecule has 1 aliphatic rings. The third-order valence-electron chi connectivity index (χ3n) is 2.80. The summed E-state index contributed by atoms with van der Waals surface area (Å²) in [5.74, 6) is 0.744. The van der Waals surface area contributed by atoms with Crippen LogP contribution in [0.25, 0.3) is 0 Å². The Hall–Kier alpha value is -0.850. The van der Waals surface area contributed by atoms with Crippen LogP contribution in [-0.2, 0) is 13.8 Å². The van der Waals surface area contributed by atoms with Crippen molar-refractivity contribution >= 4 is 25.6 Å². The highest BCUT2D eigenvalue weighted by Crippen LogP contribution is 2.21. The fourth-order valence-electron chi connectivity index (χ4n) is 1.83. The molecular weight excluding hydrogens is 264 g/mol. The van der Waals surface area contributed by atoms with Crippen LogP contribution < -0.4 is 4.90 Å². The smallest absolute Gasteiger partial charge is 0.262 e. The third kappa shape index (κ3) is 2.88. The van der Waals surface area contributed by atoms with Crippen molar-refractivity contribution in [3.05, 3.63) is 18.3 Å². The van der Waals surface area contributed by atoms with Gasteiger partial charge in [-0.15, -0.1) is 0 Å². The number of methoxy groups -OCH3 is 1. The van der Waals surface area contributed by atoms with Crippen molar-refractivity contribution in [1.82, 2.24) is 4.98 Å². The average molecular weight is 277 g/mol. The fourth-order valence-corrected chi connectivity index (χ4v) is 2.52. The van der Waals surface area contributed by atoms with Crippen LogP contribution in [0.1, 0.15) is 6.42 Å². The number of hydrogen-bond donors (Lipinski definition) is 0. The third-order valence-corrected chi connectivity index (χ3v) is 4.14. The molecule has 94 valence electrons. The minimum absolute atomic E-state index is 0.0189. The van der Waals surface area contributed by atoms with Crippen molar-refractivity contribution < 1.29 is 13.2 Å². The number of hydrogen-bond acceptors (Lipinski definition) is 5. The second-order valence-corrected chi connectivity index (χ2v) is 6.45. The van der Waals surface area contributed by atoms with Crippen molar-refractivity contribution in [2.45, 2.75) is 17.4 Å². The van der Waals surface area contributed by atoms with Crippen molar-refractivity contribution in [3.8, 4) is 0 Å². The lowest BCUT2D eigenvalue weighted by molar-refractivity contribution is 0.121. The molecular formula is C10H13ClN2O3S. The van der Waals surface area contributed by atoms with Gasteiger partial charge in [0.1, 0.15) is 10.7 Å². The van der Waals surface area contributed by atoms with Gasteiger partial charge in [-0.1, -0.05) is 0 Å². The number of rotatable bonds is 3. The number of anilines is 1. The van der Waals surface area contributed by atoms with Gasteiger partial charge in [0.2, 0.25) is 0 Å². The van der Waals surface area contributed by atoms with Crippen LogP contribution in [0.15, 0.2) is 23.2 Å². The normalized spacial score (nSPS) is 20.8. The quantitative estimate of drug-likeness (QED) is 0.777. The van der Waals surface area contributed by atoms with Crippen molar-refractivity contribution in [2.75, 3.05) is 25.1 Å². The van der Waals surface area contributed by atoms with Crippen LogP contribution in [-0.4, -0.2) is 39.7 Å². The number of ether oxygens (including phenoxy) is 1. The molecule has 0 aromatic carbocycles. The number of halogens is 1. The van der Waals surface area contributed by atoms with E-state index in [-0.39, 0.29) is 11.0 Å². The molecule has 5 nitrogen and oxygen atoms in total. The zero-order valence-electron chi connectivity index (χ0n) is 9.34. The highest BCUT2D eigenvalue weighted by molar-refractivity contribution is 8.13. The summed E-state index contributed by atoms with van der Waals surface area (Å²) >= 11 is 0. The Morgan fingerprint density at radius 2 is 2.29 bits per heavy atom. The lowest BCUT2D eigenvalue weighted by Crippen LogP contribution is -2.23. The summed E-state index contributed by atoms with van der Waals surface area (Å²) in [6.07, 6.45) is 2.44. The minimum Gasteiger partial charge on any atom is -0.380 e. The molecule has 1 atom stereocenters. The standard InChI is InChI=1S/C10H13ClN2O3S/c1-16-8-4-5-13(7-8)10-3-2-9(6-12-10)17(11,14)15/h2-3,6,8H,4-5,7H2,1H3. The molecule has 1 aliphatic heterocycles. The van der Waals surface area contributed by atoms with Crippen LogP contribution in [0.2, 0.25) is 0 Å². The Balaban J connectivity index is 2.14. The van der Waals surface area contributed by atoms with E-state index in [1.54, 1.807) is 13.2 Å². The van der Waals surface area contributed by atoms with E-state index in [0.717, 1.165) is 25.3 Å². The lowest BCUT2D eigenvalue weighted by atomic mass is 10.3. The molecule has 1 aromatic rings. The van der Waals surface area contributed by atoms with Gasteiger partial charge in [0.25, 0.3) is 9.05 Å². The van der Waals surface area contributed by atoms with Gasteiger partial charge in [0.05, 0.1) is 6.10 Å². The highest BCUT2D eigenvalue weighted by Gasteiger charge is 2.23. The second-order valence-electron chi connectivity index (χ2n) is 3.88. The Morgan fingerprint density at radius 3 is 2.76 bits per heavy atom. The first-order valence-corrected chi connectivity index (χ1v) is 7.50. The van der Waals surface area contributed by atoms with Crippen LogP contribution in [0, 0.1) is 0 Å². The molecule has 1 saturated heterocycles. The van der Waals surface area contributed by atoms with E-state index < -0.39 is 9.05 Å². The van der Waals surface area contributed by atoms with Gasteiger partial charge in [-0.25, -0.2) is 13.4 Å². The topological polar surface area (TPSA) is 59.5 Å². The molecule has 0 spiro atoms. The SMILES string of the molecule is COC1CCN(c2ccc(S(=O)(=O)Cl)cn2)C1.